The van der Waals surface area contributed by atoms with E-state index in [4.69, 9.17) is 4.74 Å². The topological polar surface area (TPSA) is 95.9 Å². The Bertz CT molecular complexity index is 611. The van der Waals surface area contributed by atoms with E-state index in [2.05, 4.69) is 5.32 Å². The van der Waals surface area contributed by atoms with Gasteiger partial charge >= 0.3 is 5.97 Å². The van der Waals surface area contributed by atoms with Gasteiger partial charge in [-0.15, -0.1) is 0 Å². The van der Waals surface area contributed by atoms with E-state index in [0.717, 1.165) is 19.3 Å². The summed E-state index contributed by atoms with van der Waals surface area (Å²) in [5, 5.41) is 12.5. The van der Waals surface area contributed by atoms with Crippen molar-refractivity contribution in [3.63, 3.8) is 0 Å². The number of carbonyl (C=O) groups is 3. The number of hydrogen-bond acceptors (Lipinski definition) is 5. The predicted octanol–water partition coefficient (Wildman–Crippen LogP) is 2.18. The molecule has 1 saturated heterocycles. The molecule has 0 aliphatic carbocycles. The molecule has 0 bridgehead atoms. The van der Waals surface area contributed by atoms with Crippen LogP contribution >= 0.6 is 0 Å². The average molecular weight is 409 g/mol. The molecular weight excluding hydrogens is 372 g/mol. The van der Waals surface area contributed by atoms with Crippen LogP contribution < -0.4 is 5.32 Å². The zero-order valence-electron chi connectivity index (χ0n) is 18.0. The minimum atomic E-state index is -0.486. The maximum absolute atomic E-state index is 13.1. The fourth-order valence-electron chi connectivity index (χ4n) is 3.75. The third-order valence-corrected chi connectivity index (χ3v) is 5.81. The highest BCUT2D eigenvalue weighted by molar-refractivity contribution is 5.86. The highest BCUT2D eigenvalue weighted by Crippen LogP contribution is 2.24. The van der Waals surface area contributed by atoms with Gasteiger partial charge in [-0.2, -0.15) is 0 Å². The molecule has 0 aromatic heterocycles. The molecule has 0 saturated carbocycles. The lowest BCUT2D eigenvalue weighted by Crippen LogP contribution is -2.49. The molecule has 2 aliphatic rings. The van der Waals surface area contributed by atoms with Crippen molar-refractivity contribution < 1.29 is 24.2 Å². The minimum Gasteiger partial charge on any atom is -0.463 e. The first-order chi connectivity index (χ1) is 13.7. The number of aliphatic hydroxyl groups excluding tert-OH is 1. The SMILES string of the molecule is CC(C)(C)C1COC(=O)CCCC=CCC(CC(=O)N2CCCC2CO)C(=O)N1. The second-order valence-electron chi connectivity index (χ2n) is 9.18. The van der Waals surface area contributed by atoms with E-state index in [0.29, 0.717) is 25.8 Å². The Morgan fingerprint density at radius 2 is 2.03 bits per heavy atom. The van der Waals surface area contributed by atoms with Gasteiger partial charge < -0.3 is 20.1 Å². The maximum Gasteiger partial charge on any atom is 0.305 e. The summed E-state index contributed by atoms with van der Waals surface area (Å²) in [5.74, 6) is -1.02. The number of ether oxygens (including phenoxy) is 1. The molecule has 0 aromatic carbocycles. The van der Waals surface area contributed by atoms with Gasteiger partial charge in [0.15, 0.2) is 0 Å². The number of likely N-dealkylation sites (tertiary alicyclic amines) is 1. The molecule has 0 spiro atoms. The lowest BCUT2D eigenvalue weighted by atomic mass is 9.86. The molecule has 2 N–H and O–H groups in total. The smallest absolute Gasteiger partial charge is 0.305 e. The third kappa shape index (κ3) is 7.14. The van der Waals surface area contributed by atoms with E-state index in [1.807, 2.05) is 32.9 Å². The molecular formula is C22H36N2O5. The van der Waals surface area contributed by atoms with Crippen molar-refractivity contribution in [1.82, 2.24) is 10.2 Å². The van der Waals surface area contributed by atoms with E-state index in [1.165, 1.54) is 0 Å². The van der Waals surface area contributed by atoms with Gasteiger partial charge in [-0.3, -0.25) is 14.4 Å². The Balaban J connectivity index is 2.13. The van der Waals surface area contributed by atoms with Gasteiger partial charge in [-0.25, -0.2) is 0 Å². The van der Waals surface area contributed by atoms with E-state index in [1.54, 1.807) is 4.90 Å². The van der Waals surface area contributed by atoms with E-state index < -0.39 is 5.92 Å². The van der Waals surface area contributed by atoms with Crippen LogP contribution in [0.4, 0.5) is 0 Å². The molecule has 2 amide bonds. The van der Waals surface area contributed by atoms with Crippen LogP contribution in [0.15, 0.2) is 12.2 Å². The molecule has 0 aromatic rings. The Labute approximate surface area is 173 Å². The Morgan fingerprint density at radius 3 is 2.72 bits per heavy atom. The molecule has 29 heavy (non-hydrogen) atoms. The third-order valence-electron chi connectivity index (χ3n) is 5.81. The molecule has 7 heteroatoms. The van der Waals surface area contributed by atoms with Crippen molar-refractivity contribution in [2.45, 2.75) is 77.8 Å². The molecule has 1 fully saturated rings. The first-order valence-corrected chi connectivity index (χ1v) is 10.7. The van der Waals surface area contributed by atoms with Crippen LogP contribution in [0.3, 0.4) is 0 Å². The number of carbonyl (C=O) groups excluding carboxylic acids is 3. The lowest BCUT2D eigenvalue weighted by Gasteiger charge is -2.32. The second kappa shape index (κ2) is 10.8. The van der Waals surface area contributed by atoms with Gasteiger partial charge in [-0.05, 0) is 37.5 Å². The molecule has 2 heterocycles. The van der Waals surface area contributed by atoms with Crippen LogP contribution in [0.25, 0.3) is 0 Å². The number of nitrogens with zero attached hydrogens (tertiary/aromatic N) is 1. The van der Waals surface area contributed by atoms with Crippen LogP contribution in [0.1, 0.15) is 65.7 Å². The summed E-state index contributed by atoms with van der Waals surface area (Å²) in [6, 6.07) is -0.476. The Kier molecular flexibility index (Phi) is 8.68. The van der Waals surface area contributed by atoms with Crippen molar-refractivity contribution in [2.75, 3.05) is 19.8 Å². The zero-order valence-corrected chi connectivity index (χ0v) is 18.0. The number of hydrogen-bond donors (Lipinski definition) is 2. The monoisotopic (exact) mass is 408 g/mol. The van der Waals surface area contributed by atoms with Gasteiger partial charge in [0.05, 0.1) is 24.6 Å². The van der Waals surface area contributed by atoms with Crippen LogP contribution in [-0.4, -0.2) is 59.6 Å². The van der Waals surface area contributed by atoms with Crippen molar-refractivity contribution >= 4 is 17.8 Å². The minimum absolute atomic E-state index is 0.0417. The van der Waals surface area contributed by atoms with Gasteiger partial charge in [-0.1, -0.05) is 32.9 Å². The molecule has 164 valence electrons. The summed E-state index contributed by atoms with van der Waals surface area (Å²) in [7, 11) is 0. The van der Waals surface area contributed by atoms with Crippen molar-refractivity contribution in [3.05, 3.63) is 12.2 Å². The summed E-state index contributed by atoms with van der Waals surface area (Å²) in [6.07, 6.45) is 7.95. The van der Waals surface area contributed by atoms with E-state index >= 15 is 0 Å². The van der Waals surface area contributed by atoms with Crippen molar-refractivity contribution in [3.8, 4) is 0 Å². The van der Waals surface area contributed by atoms with Gasteiger partial charge in [0.25, 0.3) is 0 Å². The van der Waals surface area contributed by atoms with Crippen LogP contribution in [0, 0.1) is 11.3 Å². The normalized spacial score (nSPS) is 27.4. The maximum atomic E-state index is 13.1. The van der Waals surface area contributed by atoms with Gasteiger partial charge in [0.2, 0.25) is 11.8 Å². The predicted molar refractivity (Wildman–Crippen MR) is 110 cm³/mol. The summed E-state index contributed by atoms with van der Waals surface area (Å²) >= 11 is 0. The zero-order chi connectivity index (χ0) is 21.4. The van der Waals surface area contributed by atoms with E-state index in [-0.39, 0.29) is 54.9 Å². The lowest BCUT2D eigenvalue weighted by molar-refractivity contribution is -0.146. The number of allylic oxidation sites excluding steroid dienone is 2. The molecule has 0 radical (unpaired) electrons. The summed E-state index contributed by atoms with van der Waals surface area (Å²) in [4.78, 5) is 39.5. The van der Waals surface area contributed by atoms with Crippen LogP contribution in [-0.2, 0) is 19.1 Å². The number of aliphatic hydroxyl groups is 1. The molecule has 3 unspecified atom stereocenters. The quantitative estimate of drug-likeness (QED) is 0.551. The van der Waals surface area contributed by atoms with Gasteiger partial charge in [0, 0.05) is 19.4 Å². The molecule has 7 nitrogen and oxygen atoms in total. The number of esters is 1. The van der Waals surface area contributed by atoms with E-state index in [9.17, 15) is 19.5 Å². The Morgan fingerprint density at radius 1 is 1.28 bits per heavy atom. The summed E-state index contributed by atoms with van der Waals surface area (Å²) in [6.45, 7) is 6.68. The fraction of sp³-hybridized carbons (Fsp3) is 0.773. The first kappa shape index (κ1) is 23.4. The largest absolute Gasteiger partial charge is 0.463 e. The number of rotatable bonds is 3. The van der Waals surface area contributed by atoms with Crippen LogP contribution in [0.2, 0.25) is 0 Å². The standard InChI is InChI=1S/C22H36N2O5/c1-22(2,3)18-15-29-20(27)11-7-5-4-6-9-16(21(28)23-18)13-19(26)24-12-8-10-17(24)14-25/h4,6,16-18,25H,5,7-15H2,1-3H3,(H,23,28). The van der Waals surface area contributed by atoms with Crippen molar-refractivity contribution in [1.29, 1.82) is 0 Å². The number of cyclic esters (lactones) is 1. The number of amides is 2. The summed E-state index contributed by atoms with van der Waals surface area (Å²) < 4.78 is 5.39. The fourth-order valence-corrected chi connectivity index (χ4v) is 3.75. The van der Waals surface area contributed by atoms with Gasteiger partial charge in [0.1, 0.15) is 6.61 Å². The van der Waals surface area contributed by atoms with Crippen molar-refractivity contribution in [2.24, 2.45) is 11.3 Å². The summed E-state index contributed by atoms with van der Waals surface area (Å²) in [5.41, 5.74) is -0.294. The average Bonchev–Trinajstić information content (AvgIpc) is 3.14. The second-order valence-corrected chi connectivity index (χ2v) is 9.18. The first-order valence-electron chi connectivity index (χ1n) is 10.7. The van der Waals surface area contributed by atoms with Crippen LogP contribution in [0.5, 0.6) is 0 Å². The molecule has 2 aliphatic heterocycles. The highest BCUT2D eigenvalue weighted by atomic mass is 16.5. The Hall–Kier alpha value is -1.89. The molecule has 3 atom stereocenters. The molecule has 2 rings (SSSR count). The number of nitrogens with one attached hydrogen (secondary N) is 1. The highest BCUT2D eigenvalue weighted by Gasteiger charge is 2.34.